The van der Waals surface area contributed by atoms with Crippen LogP contribution in [0.4, 0.5) is 0 Å². The fraction of sp³-hybridized carbons (Fsp3) is 0.571. The fourth-order valence-electron chi connectivity index (χ4n) is 1.80. The van der Waals surface area contributed by atoms with Gasteiger partial charge in [-0.25, -0.2) is 8.42 Å². The number of nitrogens with two attached hydrogens (primary N) is 1. The highest BCUT2D eigenvalue weighted by Gasteiger charge is 2.30. The third-order valence-electron chi connectivity index (χ3n) is 3.02. The van der Waals surface area contributed by atoms with Crippen molar-refractivity contribution < 1.29 is 13.2 Å². The molecule has 2 N–H and O–H groups in total. The van der Waals surface area contributed by atoms with E-state index in [1.54, 1.807) is 43.1 Å². The van der Waals surface area contributed by atoms with Gasteiger partial charge in [-0.3, -0.25) is 0 Å². The lowest BCUT2D eigenvalue weighted by atomic mass is 10.4. The maximum absolute atomic E-state index is 12.1. The van der Waals surface area contributed by atoms with Crippen LogP contribution < -0.4 is 5.73 Å². The molecule has 0 bridgehead atoms. The van der Waals surface area contributed by atoms with Gasteiger partial charge in [0.05, 0.1) is 10.1 Å². The maximum atomic E-state index is 12.1. The predicted molar refractivity (Wildman–Crippen MR) is 89.9 cm³/mol. The van der Waals surface area contributed by atoms with E-state index in [0.717, 1.165) is 31.7 Å². The van der Waals surface area contributed by atoms with Gasteiger partial charge in [0.1, 0.15) is 0 Å². The van der Waals surface area contributed by atoms with Gasteiger partial charge in [0, 0.05) is 24.5 Å². The van der Waals surface area contributed by atoms with Gasteiger partial charge in [0.25, 0.3) is 0 Å². The largest absolute Gasteiger partial charge is 0.385 e. The normalized spacial score (nSPS) is 18.1. The van der Waals surface area contributed by atoms with Crippen molar-refractivity contribution in [3.63, 3.8) is 0 Å². The van der Waals surface area contributed by atoms with E-state index < -0.39 is 9.84 Å². The average molecular weight is 352 g/mol. The van der Waals surface area contributed by atoms with Crippen molar-refractivity contribution in [2.24, 2.45) is 5.73 Å². The van der Waals surface area contributed by atoms with E-state index in [4.69, 9.17) is 22.1 Å². The topological polar surface area (TPSA) is 69.4 Å². The fourth-order valence-corrected chi connectivity index (χ4v) is 5.46. The first-order valence-electron chi connectivity index (χ1n) is 6.78. The number of sulfone groups is 1. The molecule has 1 aliphatic heterocycles. The van der Waals surface area contributed by atoms with Crippen molar-refractivity contribution in [1.29, 1.82) is 0 Å². The lowest BCUT2D eigenvalue weighted by Crippen LogP contribution is -2.20. The molecule has 0 amide bonds. The van der Waals surface area contributed by atoms with E-state index in [0.29, 0.717) is 15.7 Å². The number of methoxy groups -OCH3 is 1. The van der Waals surface area contributed by atoms with Crippen LogP contribution in [0.5, 0.6) is 0 Å². The Bertz CT molecular complexity index is 495. The van der Waals surface area contributed by atoms with E-state index in [9.17, 15) is 8.42 Å². The summed E-state index contributed by atoms with van der Waals surface area (Å²) in [5.41, 5.74) is 5.13. The molecule has 2 rings (SSSR count). The van der Waals surface area contributed by atoms with E-state index in [1.807, 2.05) is 0 Å². The summed E-state index contributed by atoms with van der Waals surface area (Å²) in [5.74, 6) is 1.66. The number of rotatable bonds is 5. The molecule has 0 saturated carbocycles. The predicted octanol–water partition coefficient (Wildman–Crippen LogP) is 2.60. The van der Waals surface area contributed by atoms with Crippen LogP contribution in [-0.2, 0) is 14.6 Å². The highest BCUT2D eigenvalue weighted by molar-refractivity contribution is 8.01. The molecule has 1 aromatic carbocycles. The van der Waals surface area contributed by atoms with Gasteiger partial charge in [-0.1, -0.05) is 11.6 Å². The van der Waals surface area contributed by atoms with Crippen LogP contribution in [-0.4, -0.2) is 45.4 Å². The summed E-state index contributed by atoms with van der Waals surface area (Å²) in [6, 6.07) is 6.41. The minimum atomic E-state index is -3.13. The minimum absolute atomic E-state index is 0.219. The number of thioether (sulfide) groups is 1. The van der Waals surface area contributed by atoms with Gasteiger partial charge < -0.3 is 10.5 Å². The van der Waals surface area contributed by atoms with Crippen molar-refractivity contribution in [2.75, 3.05) is 31.8 Å². The molecule has 0 radical (unpaired) electrons. The molecule has 4 nitrogen and oxygen atoms in total. The summed E-state index contributed by atoms with van der Waals surface area (Å²) in [6.45, 7) is 1.52. The van der Waals surface area contributed by atoms with E-state index in [1.165, 1.54) is 0 Å². The van der Waals surface area contributed by atoms with Crippen molar-refractivity contribution in [1.82, 2.24) is 0 Å². The second-order valence-electron chi connectivity index (χ2n) is 4.62. The van der Waals surface area contributed by atoms with Crippen LogP contribution in [0.2, 0.25) is 5.02 Å². The smallest absolute Gasteiger partial charge is 0.182 e. The van der Waals surface area contributed by atoms with Crippen LogP contribution in [0, 0.1) is 0 Å². The van der Waals surface area contributed by atoms with Crippen LogP contribution in [0.25, 0.3) is 0 Å². The second-order valence-corrected chi connectivity index (χ2v) is 8.43. The molecule has 0 aromatic heterocycles. The summed E-state index contributed by atoms with van der Waals surface area (Å²) in [4.78, 5) is 0.388. The Balaban J connectivity index is 0.000000315. The summed E-state index contributed by atoms with van der Waals surface area (Å²) >= 11 is 7.42. The van der Waals surface area contributed by atoms with Gasteiger partial charge in [0.15, 0.2) is 9.84 Å². The zero-order chi connectivity index (χ0) is 15.7. The summed E-state index contributed by atoms with van der Waals surface area (Å²) in [5, 5.41) is 0.346. The highest BCUT2D eigenvalue weighted by Crippen LogP contribution is 2.28. The molecule has 1 aromatic rings. The van der Waals surface area contributed by atoms with Crippen molar-refractivity contribution in [3.05, 3.63) is 29.3 Å². The van der Waals surface area contributed by atoms with Crippen LogP contribution in [0.3, 0.4) is 0 Å². The van der Waals surface area contributed by atoms with Crippen LogP contribution >= 0.6 is 23.4 Å². The van der Waals surface area contributed by atoms with Crippen molar-refractivity contribution in [2.45, 2.75) is 23.0 Å². The van der Waals surface area contributed by atoms with Crippen LogP contribution in [0.1, 0.15) is 12.8 Å². The molecular weight excluding hydrogens is 330 g/mol. The quantitative estimate of drug-likeness (QED) is 0.826. The SMILES string of the molecule is COCCCN.O=S(=O)(c1ccc(Cl)cc1)[C@@H]1CCSC1. The minimum Gasteiger partial charge on any atom is -0.385 e. The molecule has 0 spiro atoms. The Labute approximate surface area is 136 Å². The molecule has 0 aliphatic carbocycles. The molecular formula is C14H22ClNO3S2. The van der Waals surface area contributed by atoms with Crippen molar-refractivity contribution >= 4 is 33.2 Å². The standard InChI is InChI=1S/C10H11ClO2S2.C4H11NO/c11-8-1-3-9(4-2-8)15(12,13)10-5-6-14-7-10;1-6-4-2-3-5/h1-4,10H,5-7H2;2-5H2,1H3/t10-;/m1./s1. The molecule has 1 fully saturated rings. The molecule has 0 unspecified atom stereocenters. The molecule has 21 heavy (non-hydrogen) atoms. The zero-order valence-electron chi connectivity index (χ0n) is 12.1. The Kier molecular flexibility index (Phi) is 8.66. The zero-order valence-corrected chi connectivity index (χ0v) is 14.5. The average Bonchev–Trinajstić information content (AvgIpc) is 3.01. The Morgan fingerprint density at radius 1 is 1.38 bits per heavy atom. The van der Waals surface area contributed by atoms with Gasteiger partial charge >= 0.3 is 0 Å². The first kappa shape index (κ1) is 18.8. The molecule has 1 aliphatic rings. The summed E-state index contributed by atoms with van der Waals surface area (Å²) < 4.78 is 28.9. The molecule has 1 heterocycles. The molecule has 120 valence electrons. The van der Waals surface area contributed by atoms with Crippen molar-refractivity contribution in [3.8, 4) is 0 Å². The Hall–Kier alpha value is -0.270. The number of hydrogen-bond donors (Lipinski definition) is 1. The number of benzene rings is 1. The Morgan fingerprint density at radius 3 is 2.48 bits per heavy atom. The number of ether oxygens (including phenoxy) is 1. The van der Waals surface area contributed by atoms with E-state index >= 15 is 0 Å². The maximum Gasteiger partial charge on any atom is 0.182 e. The lowest BCUT2D eigenvalue weighted by Gasteiger charge is -2.10. The molecule has 1 atom stereocenters. The number of hydrogen-bond acceptors (Lipinski definition) is 5. The lowest BCUT2D eigenvalue weighted by molar-refractivity contribution is 0.197. The van der Waals surface area contributed by atoms with Gasteiger partial charge in [-0.2, -0.15) is 11.8 Å². The monoisotopic (exact) mass is 351 g/mol. The molecule has 7 heteroatoms. The molecule has 1 saturated heterocycles. The summed E-state index contributed by atoms with van der Waals surface area (Å²) in [7, 11) is -1.46. The highest BCUT2D eigenvalue weighted by atomic mass is 35.5. The van der Waals surface area contributed by atoms with Gasteiger partial charge in [0.2, 0.25) is 0 Å². The third kappa shape index (κ3) is 6.16. The van der Waals surface area contributed by atoms with Crippen LogP contribution in [0.15, 0.2) is 29.2 Å². The van der Waals surface area contributed by atoms with E-state index in [-0.39, 0.29) is 5.25 Å². The second kappa shape index (κ2) is 9.69. The van der Waals surface area contributed by atoms with E-state index in [2.05, 4.69) is 0 Å². The summed E-state index contributed by atoms with van der Waals surface area (Å²) in [6.07, 6.45) is 1.73. The number of halogens is 1. The van der Waals surface area contributed by atoms with Gasteiger partial charge in [-0.15, -0.1) is 0 Å². The van der Waals surface area contributed by atoms with Gasteiger partial charge in [-0.05, 0) is 49.4 Å². The Morgan fingerprint density at radius 2 is 2.05 bits per heavy atom. The third-order valence-corrected chi connectivity index (χ3v) is 6.86. The first-order valence-corrected chi connectivity index (χ1v) is 9.86. The first-order chi connectivity index (χ1) is 10.0.